The predicted molar refractivity (Wildman–Crippen MR) is 64.6 cm³/mol. The van der Waals surface area contributed by atoms with Gasteiger partial charge >= 0.3 is 0 Å². The zero-order valence-corrected chi connectivity index (χ0v) is 9.39. The Morgan fingerprint density at radius 3 is 2.69 bits per heavy atom. The molecule has 1 aromatic rings. The molecule has 84 valence electrons. The minimum Gasteiger partial charge on any atom is -0.333 e. The smallest absolute Gasteiger partial charge is 0.240 e. The molecule has 1 atom stereocenters. The van der Waals surface area contributed by atoms with Crippen LogP contribution in [0.4, 0.5) is 0 Å². The van der Waals surface area contributed by atoms with E-state index in [2.05, 4.69) is 5.92 Å². The fourth-order valence-corrected chi connectivity index (χ4v) is 1.45. The van der Waals surface area contributed by atoms with E-state index in [1.165, 1.54) is 4.90 Å². The molecule has 2 N–H and O–H groups in total. The largest absolute Gasteiger partial charge is 0.333 e. The van der Waals surface area contributed by atoms with Gasteiger partial charge in [-0.05, 0) is 12.0 Å². The van der Waals surface area contributed by atoms with Crippen LogP contribution >= 0.6 is 0 Å². The minimum absolute atomic E-state index is 0.123. The van der Waals surface area contributed by atoms with Gasteiger partial charge in [-0.15, -0.1) is 6.42 Å². The van der Waals surface area contributed by atoms with Crippen molar-refractivity contribution in [2.24, 2.45) is 5.73 Å². The van der Waals surface area contributed by atoms with Gasteiger partial charge in [0.2, 0.25) is 5.91 Å². The molecule has 1 rings (SSSR count). The van der Waals surface area contributed by atoms with E-state index in [0.29, 0.717) is 13.0 Å². The summed E-state index contributed by atoms with van der Waals surface area (Å²) in [5, 5.41) is 0. The molecule has 0 bridgehead atoms. The first-order valence-electron chi connectivity index (χ1n) is 5.13. The monoisotopic (exact) mass is 216 g/mol. The fraction of sp³-hybridized carbons (Fsp3) is 0.308. The first kappa shape index (κ1) is 12.3. The third kappa shape index (κ3) is 3.41. The Hall–Kier alpha value is -1.79. The lowest BCUT2D eigenvalue weighted by Crippen LogP contribution is -2.43. The highest BCUT2D eigenvalue weighted by molar-refractivity contribution is 5.81. The number of terminal acetylenes is 1. The van der Waals surface area contributed by atoms with Crippen LogP contribution in [0.25, 0.3) is 0 Å². The van der Waals surface area contributed by atoms with Gasteiger partial charge < -0.3 is 10.6 Å². The van der Waals surface area contributed by atoms with Crippen molar-refractivity contribution >= 4 is 5.91 Å². The Bertz CT molecular complexity index is 381. The van der Waals surface area contributed by atoms with Gasteiger partial charge in [-0.25, -0.2) is 0 Å². The number of carbonyl (C=O) groups is 1. The maximum Gasteiger partial charge on any atom is 0.240 e. The molecule has 1 amide bonds. The van der Waals surface area contributed by atoms with Crippen molar-refractivity contribution in [2.75, 3.05) is 13.6 Å². The SMILES string of the molecule is C#CCN(C)C(=O)C(N)Cc1ccccc1. The third-order valence-corrected chi connectivity index (χ3v) is 2.32. The van der Waals surface area contributed by atoms with Gasteiger partial charge in [0.1, 0.15) is 0 Å². The van der Waals surface area contributed by atoms with Gasteiger partial charge in [-0.3, -0.25) is 4.79 Å². The van der Waals surface area contributed by atoms with Gasteiger partial charge in [-0.1, -0.05) is 36.3 Å². The molecular formula is C13H16N2O. The molecule has 0 aromatic heterocycles. The number of hydrogen-bond donors (Lipinski definition) is 1. The van der Waals surface area contributed by atoms with E-state index < -0.39 is 6.04 Å². The number of benzene rings is 1. The van der Waals surface area contributed by atoms with Crippen LogP contribution in [0.15, 0.2) is 30.3 Å². The fourth-order valence-electron chi connectivity index (χ4n) is 1.45. The van der Waals surface area contributed by atoms with Crippen LogP contribution < -0.4 is 5.73 Å². The van der Waals surface area contributed by atoms with Gasteiger partial charge in [0.05, 0.1) is 12.6 Å². The van der Waals surface area contributed by atoms with Gasteiger partial charge in [-0.2, -0.15) is 0 Å². The Morgan fingerprint density at radius 2 is 2.12 bits per heavy atom. The molecule has 0 aliphatic carbocycles. The highest BCUT2D eigenvalue weighted by Crippen LogP contribution is 2.03. The van der Waals surface area contributed by atoms with E-state index in [9.17, 15) is 4.79 Å². The molecule has 3 nitrogen and oxygen atoms in total. The lowest BCUT2D eigenvalue weighted by Gasteiger charge is -2.19. The van der Waals surface area contributed by atoms with Crippen LogP contribution in [0.1, 0.15) is 5.56 Å². The molecular weight excluding hydrogens is 200 g/mol. The third-order valence-electron chi connectivity index (χ3n) is 2.32. The highest BCUT2D eigenvalue weighted by atomic mass is 16.2. The summed E-state index contributed by atoms with van der Waals surface area (Å²) in [5.74, 6) is 2.29. The van der Waals surface area contributed by atoms with Gasteiger partial charge in [0, 0.05) is 7.05 Å². The normalized spacial score (nSPS) is 11.6. The quantitative estimate of drug-likeness (QED) is 0.751. The number of nitrogens with two attached hydrogens (primary N) is 1. The van der Waals surface area contributed by atoms with E-state index in [4.69, 9.17) is 12.2 Å². The van der Waals surface area contributed by atoms with Gasteiger partial charge in [0.15, 0.2) is 0 Å². The summed E-state index contributed by atoms with van der Waals surface area (Å²) in [6.07, 6.45) is 5.67. The summed E-state index contributed by atoms with van der Waals surface area (Å²) in [5.41, 5.74) is 6.87. The van der Waals surface area contributed by atoms with E-state index in [0.717, 1.165) is 5.56 Å². The summed E-state index contributed by atoms with van der Waals surface area (Å²) in [4.78, 5) is 13.2. The van der Waals surface area contributed by atoms with Crippen LogP contribution in [0.5, 0.6) is 0 Å². The molecule has 0 fully saturated rings. The molecule has 1 unspecified atom stereocenters. The summed E-state index contributed by atoms with van der Waals surface area (Å²) in [6.45, 7) is 0.293. The highest BCUT2D eigenvalue weighted by Gasteiger charge is 2.17. The standard InChI is InChI=1S/C13H16N2O/c1-3-9-15(2)13(16)12(14)10-11-7-5-4-6-8-11/h1,4-8,12H,9-10,14H2,2H3. The number of carbonyl (C=O) groups excluding carboxylic acids is 1. The number of nitrogens with zero attached hydrogens (tertiary/aromatic N) is 1. The molecule has 1 aromatic carbocycles. The van der Waals surface area contributed by atoms with Gasteiger partial charge in [0.25, 0.3) is 0 Å². The minimum atomic E-state index is -0.527. The average molecular weight is 216 g/mol. The second-order valence-electron chi connectivity index (χ2n) is 3.69. The molecule has 0 saturated carbocycles. The molecule has 16 heavy (non-hydrogen) atoms. The molecule has 0 heterocycles. The molecule has 0 saturated heterocycles. The van der Waals surface area contributed by atoms with E-state index in [1.807, 2.05) is 30.3 Å². The van der Waals surface area contributed by atoms with E-state index in [1.54, 1.807) is 7.05 Å². The van der Waals surface area contributed by atoms with Crippen molar-refractivity contribution in [1.29, 1.82) is 0 Å². The van der Waals surface area contributed by atoms with E-state index >= 15 is 0 Å². The Labute approximate surface area is 96.2 Å². The molecule has 0 radical (unpaired) electrons. The lowest BCUT2D eigenvalue weighted by molar-refractivity contribution is -0.130. The van der Waals surface area contributed by atoms with Crippen molar-refractivity contribution in [3.05, 3.63) is 35.9 Å². The van der Waals surface area contributed by atoms with E-state index in [-0.39, 0.29) is 5.91 Å². The van der Waals surface area contributed by atoms with Crippen LogP contribution in [0.2, 0.25) is 0 Å². The molecule has 0 spiro atoms. The molecule has 0 aliphatic rings. The number of hydrogen-bond acceptors (Lipinski definition) is 2. The Kier molecular flexibility index (Phi) is 4.56. The topological polar surface area (TPSA) is 46.3 Å². The Morgan fingerprint density at radius 1 is 1.50 bits per heavy atom. The first-order chi connectivity index (χ1) is 7.65. The second-order valence-corrected chi connectivity index (χ2v) is 3.69. The predicted octanol–water partition coefficient (Wildman–Crippen LogP) is 0.648. The van der Waals surface area contributed by atoms with Crippen molar-refractivity contribution in [3.8, 4) is 12.3 Å². The van der Waals surface area contributed by atoms with Crippen molar-refractivity contribution in [1.82, 2.24) is 4.90 Å². The average Bonchev–Trinajstić information content (AvgIpc) is 2.29. The summed E-state index contributed by atoms with van der Waals surface area (Å²) in [6, 6.07) is 9.17. The van der Waals surface area contributed by atoms with Crippen molar-refractivity contribution < 1.29 is 4.79 Å². The van der Waals surface area contributed by atoms with Crippen LogP contribution in [0, 0.1) is 12.3 Å². The number of rotatable bonds is 4. The summed E-state index contributed by atoms with van der Waals surface area (Å²) in [7, 11) is 1.66. The maximum atomic E-state index is 11.7. The molecule has 3 heteroatoms. The zero-order valence-electron chi connectivity index (χ0n) is 9.39. The number of amides is 1. The second kappa shape index (κ2) is 5.94. The lowest BCUT2D eigenvalue weighted by atomic mass is 10.1. The molecule has 0 aliphatic heterocycles. The van der Waals surface area contributed by atoms with Crippen LogP contribution in [-0.2, 0) is 11.2 Å². The summed E-state index contributed by atoms with van der Waals surface area (Å²) >= 11 is 0. The maximum absolute atomic E-state index is 11.7. The van der Waals surface area contributed by atoms with Crippen LogP contribution in [-0.4, -0.2) is 30.4 Å². The Balaban J connectivity index is 2.56. The summed E-state index contributed by atoms with van der Waals surface area (Å²) < 4.78 is 0. The van der Waals surface area contributed by atoms with Crippen molar-refractivity contribution in [2.45, 2.75) is 12.5 Å². The van der Waals surface area contributed by atoms with Crippen LogP contribution in [0.3, 0.4) is 0 Å². The van der Waals surface area contributed by atoms with Crippen molar-refractivity contribution in [3.63, 3.8) is 0 Å². The zero-order chi connectivity index (χ0) is 12.0. The number of likely N-dealkylation sites (N-methyl/N-ethyl adjacent to an activating group) is 1. The first-order valence-corrected chi connectivity index (χ1v) is 5.13.